The lowest BCUT2D eigenvalue weighted by atomic mass is 9.97. The molecule has 27 heavy (non-hydrogen) atoms. The van der Waals surface area contributed by atoms with Gasteiger partial charge in [-0.1, -0.05) is 38.8 Å². The van der Waals surface area contributed by atoms with Crippen LogP contribution in [0.25, 0.3) is 0 Å². The Hall–Kier alpha value is -1.85. The van der Waals surface area contributed by atoms with Crippen LogP contribution in [0, 0.1) is 5.92 Å². The highest BCUT2D eigenvalue weighted by molar-refractivity contribution is 5.92. The molecule has 0 bridgehead atoms. The quantitative estimate of drug-likeness (QED) is 0.726. The molecule has 2 rings (SSSR count). The minimum atomic E-state index is -0.556. The molecule has 6 nitrogen and oxygen atoms in total. The van der Waals surface area contributed by atoms with E-state index >= 15 is 0 Å². The first-order valence-corrected chi connectivity index (χ1v) is 10.6. The van der Waals surface area contributed by atoms with Gasteiger partial charge in [0, 0.05) is 19.5 Å². The molecule has 3 amide bonds. The number of carbonyl (C=O) groups is 3. The minimum Gasteiger partial charge on any atom is -0.354 e. The molecule has 0 radical (unpaired) electrons. The van der Waals surface area contributed by atoms with Crippen LogP contribution in [0.2, 0.25) is 0 Å². The summed E-state index contributed by atoms with van der Waals surface area (Å²) in [5.74, 6) is -0.217. The predicted octanol–water partition coefficient (Wildman–Crippen LogP) is 2.53. The van der Waals surface area contributed by atoms with E-state index in [1.807, 2.05) is 13.8 Å². The van der Waals surface area contributed by atoms with Gasteiger partial charge in [0.15, 0.2) is 0 Å². The van der Waals surface area contributed by atoms with Crippen LogP contribution in [-0.4, -0.2) is 47.8 Å². The number of hydrogen-bond donors (Lipinski definition) is 2. The Balaban J connectivity index is 2.12. The highest BCUT2D eigenvalue weighted by Gasteiger charge is 2.36. The van der Waals surface area contributed by atoms with E-state index in [9.17, 15) is 14.4 Å². The van der Waals surface area contributed by atoms with Crippen molar-refractivity contribution in [2.45, 2.75) is 83.7 Å². The van der Waals surface area contributed by atoms with Gasteiger partial charge in [-0.25, -0.2) is 0 Å². The van der Waals surface area contributed by atoms with Gasteiger partial charge in [0.2, 0.25) is 17.7 Å². The maximum absolute atomic E-state index is 12.9. The van der Waals surface area contributed by atoms with Crippen LogP contribution in [0.4, 0.5) is 0 Å². The molecule has 3 atom stereocenters. The maximum atomic E-state index is 12.9. The highest BCUT2D eigenvalue weighted by atomic mass is 16.2. The summed E-state index contributed by atoms with van der Waals surface area (Å²) >= 11 is 0. The van der Waals surface area contributed by atoms with E-state index < -0.39 is 12.1 Å². The van der Waals surface area contributed by atoms with Crippen molar-refractivity contribution in [3.8, 4) is 0 Å². The molecule has 1 saturated heterocycles. The number of amides is 3. The van der Waals surface area contributed by atoms with E-state index in [1.165, 1.54) is 0 Å². The van der Waals surface area contributed by atoms with Crippen LogP contribution in [0.5, 0.6) is 0 Å². The molecule has 0 saturated carbocycles. The molecule has 0 spiro atoms. The summed E-state index contributed by atoms with van der Waals surface area (Å²) in [6, 6.07) is -0.992. The lowest BCUT2D eigenvalue weighted by Gasteiger charge is -2.28. The third kappa shape index (κ3) is 6.36. The van der Waals surface area contributed by atoms with Crippen LogP contribution < -0.4 is 10.6 Å². The zero-order chi connectivity index (χ0) is 19.6. The van der Waals surface area contributed by atoms with Gasteiger partial charge in [-0.3, -0.25) is 14.4 Å². The number of nitrogens with zero attached hydrogens (tertiary/aromatic N) is 1. The Morgan fingerprint density at radius 2 is 1.85 bits per heavy atom. The van der Waals surface area contributed by atoms with Gasteiger partial charge in [-0.15, -0.1) is 0 Å². The summed E-state index contributed by atoms with van der Waals surface area (Å²) in [7, 11) is 0. The van der Waals surface area contributed by atoms with Crippen molar-refractivity contribution < 1.29 is 14.4 Å². The number of fused-ring (bicyclic) bond motifs is 1. The van der Waals surface area contributed by atoms with Crippen LogP contribution in [-0.2, 0) is 14.4 Å². The van der Waals surface area contributed by atoms with Crippen LogP contribution >= 0.6 is 0 Å². The highest BCUT2D eigenvalue weighted by Crippen LogP contribution is 2.20. The zero-order valence-electron chi connectivity index (χ0n) is 16.8. The molecule has 6 heteroatoms. The molecule has 2 aliphatic heterocycles. The Morgan fingerprint density at radius 3 is 2.63 bits per heavy atom. The predicted molar refractivity (Wildman–Crippen MR) is 106 cm³/mol. The third-order valence-electron chi connectivity index (χ3n) is 5.71. The fraction of sp³-hybridized carbons (Fsp3) is 0.762. The topological polar surface area (TPSA) is 78.5 Å². The van der Waals surface area contributed by atoms with Crippen molar-refractivity contribution in [1.82, 2.24) is 15.5 Å². The van der Waals surface area contributed by atoms with Crippen LogP contribution in [0.3, 0.4) is 0 Å². The molecule has 2 N–H and O–H groups in total. The molecule has 3 unspecified atom stereocenters. The van der Waals surface area contributed by atoms with Gasteiger partial charge < -0.3 is 15.5 Å². The Morgan fingerprint density at radius 1 is 1.07 bits per heavy atom. The fourth-order valence-corrected chi connectivity index (χ4v) is 3.77. The summed E-state index contributed by atoms with van der Waals surface area (Å²) in [6.07, 6.45) is 11.8. The smallest absolute Gasteiger partial charge is 0.243 e. The van der Waals surface area contributed by atoms with E-state index in [0.29, 0.717) is 25.9 Å². The van der Waals surface area contributed by atoms with Crippen molar-refractivity contribution >= 4 is 17.7 Å². The second-order valence-electron chi connectivity index (χ2n) is 7.77. The third-order valence-corrected chi connectivity index (χ3v) is 5.71. The molecule has 0 aromatic carbocycles. The number of allylic oxidation sites excluding steroid dienone is 1. The van der Waals surface area contributed by atoms with Gasteiger partial charge in [0.1, 0.15) is 12.1 Å². The van der Waals surface area contributed by atoms with Gasteiger partial charge in [0.25, 0.3) is 0 Å². The van der Waals surface area contributed by atoms with Gasteiger partial charge in [-0.05, 0) is 44.4 Å². The number of nitrogens with one attached hydrogen (secondary N) is 2. The second-order valence-corrected chi connectivity index (χ2v) is 7.77. The molecule has 2 aliphatic rings. The normalized spacial score (nSPS) is 28.7. The monoisotopic (exact) mass is 377 g/mol. The standard InChI is InChI=1S/C21H35N3O3/c1-3-16(2)19-21(27)22-14-10-8-6-4-5-7-9-13-18(25)24-15-11-12-17(24)20(26)23-19/h6,8,16-17,19H,3-5,7,9-15H2,1-2H3,(H,22,27)(H,23,26)/b8-6+. The SMILES string of the molecule is CCC(C)C1NC(=O)C2CCCN2C(=O)CCCCC/C=C/CCNC1=O. The Bertz CT molecular complexity index is 547. The molecule has 0 aromatic heterocycles. The largest absolute Gasteiger partial charge is 0.354 e. The van der Waals surface area contributed by atoms with Crippen molar-refractivity contribution in [1.29, 1.82) is 0 Å². The maximum Gasteiger partial charge on any atom is 0.243 e. The van der Waals surface area contributed by atoms with Gasteiger partial charge in [-0.2, -0.15) is 0 Å². The van der Waals surface area contributed by atoms with E-state index in [-0.39, 0.29) is 23.6 Å². The molecule has 0 aliphatic carbocycles. The average molecular weight is 378 g/mol. The van der Waals surface area contributed by atoms with E-state index in [4.69, 9.17) is 0 Å². The van der Waals surface area contributed by atoms with E-state index in [1.54, 1.807) is 4.90 Å². The summed E-state index contributed by atoms with van der Waals surface area (Å²) in [6.45, 7) is 5.21. The molecule has 0 aromatic rings. The molecular weight excluding hydrogens is 342 g/mol. The molecule has 2 heterocycles. The van der Waals surface area contributed by atoms with Crippen molar-refractivity contribution in [2.75, 3.05) is 13.1 Å². The lowest BCUT2D eigenvalue weighted by molar-refractivity contribution is -0.139. The number of carbonyl (C=O) groups excluding carboxylic acids is 3. The minimum absolute atomic E-state index is 0.0390. The first-order chi connectivity index (χ1) is 13.0. The molecular formula is C21H35N3O3. The van der Waals surface area contributed by atoms with Gasteiger partial charge >= 0.3 is 0 Å². The fourth-order valence-electron chi connectivity index (χ4n) is 3.77. The van der Waals surface area contributed by atoms with E-state index in [2.05, 4.69) is 22.8 Å². The van der Waals surface area contributed by atoms with Crippen LogP contribution in [0.1, 0.15) is 71.6 Å². The van der Waals surface area contributed by atoms with Crippen LogP contribution in [0.15, 0.2) is 12.2 Å². The van der Waals surface area contributed by atoms with Crippen molar-refractivity contribution in [3.63, 3.8) is 0 Å². The van der Waals surface area contributed by atoms with Crippen molar-refractivity contribution in [2.24, 2.45) is 5.92 Å². The lowest BCUT2D eigenvalue weighted by Crippen LogP contribution is -2.55. The van der Waals surface area contributed by atoms with E-state index in [0.717, 1.165) is 44.9 Å². The summed E-state index contributed by atoms with van der Waals surface area (Å²) in [5.41, 5.74) is 0. The average Bonchev–Trinajstić information content (AvgIpc) is 3.15. The summed E-state index contributed by atoms with van der Waals surface area (Å²) < 4.78 is 0. The number of hydrogen-bond acceptors (Lipinski definition) is 3. The van der Waals surface area contributed by atoms with Gasteiger partial charge in [0.05, 0.1) is 0 Å². The Kier molecular flexibility index (Phi) is 8.82. The molecule has 1 fully saturated rings. The number of rotatable bonds is 2. The second kappa shape index (κ2) is 11.1. The summed E-state index contributed by atoms with van der Waals surface area (Å²) in [4.78, 5) is 39.8. The van der Waals surface area contributed by atoms with Crippen molar-refractivity contribution in [3.05, 3.63) is 12.2 Å². The summed E-state index contributed by atoms with van der Waals surface area (Å²) in [5, 5.41) is 5.89. The molecule has 152 valence electrons. The zero-order valence-corrected chi connectivity index (χ0v) is 16.8. The first-order valence-electron chi connectivity index (χ1n) is 10.6. The first kappa shape index (κ1) is 21.5. The Labute approximate surface area is 163 Å².